The molecule has 13 heavy (non-hydrogen) atoms. The summed E-state index contributed by atoms with van der Waals surface area (Å²) in [5, 5.41) is 0.928. The molecule has 0 aliphatic rings. The van der Waals surface area contributed by atoms with Crippen molar-refractivity contribution >= 4 is 12.2 Å². The van der Waals surface area contributed by atoms with E-state index < -0.39 is 0 Å². The minimum atomic E-state index is -0.318. The first-order valence-electron chi connectivity index (χ1n) is 4.17. The lowest BCUT2D eigenvalue weighted by atomic mass is 10.3. The van der Waals surface area contributed by atoms with Crippen LogP contribution in [-0.2, 0) is 0 Å². The van der Waals surface area contributed by atoms with E-state index in [1.54, 1.807) is 12.1 Å². The summed E-state index contributed by atoms with van der Waals surface area (Å²) < 4.78 is 5.01. The Morgan fingerprint density at radius 1 is 1.31 bits per heavy atom. The van der Waals surface area contributed by atoms with E-state index in [1.165, 1.54) is 6.07 Å². The van der Waals surface area contributed by atoms with Crippen LogP contribution in [-0.4, -0.2) is 0 Å². The van der Waals surface area contributed by atoms with E-state index in [4.69, 9.17) is 4.42 Å². The monoisotopic (exact) mass is 176 g/mol. The molecule has 0 saturated carbocycles. The van der Waals surface area contributed by atoms with Gasteiger partial charge in [-0.2, -0.15) is 0 Å². The largest absolute Gasteiger partial charge is 0.423 e. The van der Waals surface area contributed by atoms with Gasteiger partial charge in [0.1, 0.15) is 5.42 Å². The Morgan fingerprint density at radius 2 is 2.08 bits per heavy atom. The predicted molar refractivity (Wildman–Crippen MR) is 53.6 cm³/mol. The van der Waals surface area contributed by atoms with Gasteiger partial charge >= 0.3 is 5.63 Å². The molecule has 2 heteroatoms. The Balaban J connectivity index is 3.51. The van der Waals surface area contributed by atoms with E-state index in [0.717, 1.165) is 5.22 Å². The van der Waals surface area contributed by atoms with E-state index in [1.807, 2.05) is 32.1 Å². The lowest BCUT2D eigenvalue weighted by Crippen LogP contribution is -2.27. The maximum absolute atomic E-state index is 10.9. The Hall–Kier alpha value is -1.57. The zero-order valence-electron chi connectivity index (χ0n) is 7.78. The smallest absolute Gasteiger partial charge is 0.336 e. The second kappa shape index (κ2) is 4.45. The summed E-state index contributed by atoms with van der Waals surface area (Å²) in [6.07, 6.45) is 7.40. The Morgan fingerprint density at radius 3 is 2.69 bits per heavy atom. The van der Waals surface area contributed by atoms with Gasteiger partial charge in [-0.25, -0.2) is 4.79 Å². The van der Waals surface area contributed by atoms with E-state index in [-0.39, 0.29) is 5.63 Å². The molecule has 0 spiro atoms. The molecule has 0 aromatic carbocycles. The van der Waals surface area contributed by atoms with Crippen LogP contribution >= 0.6 is 0 Å². The van der Waals surface area contributed by atoms with Gasteiger partial charge < -0.3 is 4.42 Å². The van der Waals surface area contributed by atoms with Crippen LogP contribution in [0.1, 0.15) is 13.8 Å². The van der Waals surface area contributed by atoms with Crippen molar-refractivity contribution in [3.05, 3.63) is 45.3 Å². The lowest BCUT2D eigenvalue weighted by Gasteiger charge is -1.86. The Kier molecular flexibility index (Phi) is 3.26. The summed E-state index contributed by atoms with van der Waals surface area (Å²) in [4.78, 5) is 10.9. The predicted octanol–water partition coefficient (Wildman–Crippen LogP) is 0.797. The molecule has 0 radical (unpaired) electrons. The van der Waals surface area contributed by atoms with Crippen molar-refractivity contribution in [1.82, 2.24) is 0 Å². The van der Waals surface area contributed by atoms with Crippen molar-refractivity contribution in [2.24, 2.45) is 0 Å². The quantitative estimate of drug-likeness (QED) is 0.633. The molecule has 0 bridgehead atoms. The van der Waals surface area contributed by atoms with Crippen molar-refractivity contribution in [3.63, 3.8) is 0 Å². The molecule has 0 fully saturated rings. The average Bonchev–Trinajstić information content (AvgIpc) is 2.15. The van der Waals surface area contributed by atoms with Gasteiger partial charge in [0.15, 0.2) is 0 Å². The maximum atomic E-state index is 10.9. The van der Waals surface area contributed by atoms with Crippen LogP contribution in [0.3, 0.4) is 0 Å². The molecule has 0 aliphatic heterocycles. The first kappa shape index (κ1) is 9.52. The summed E-state index contributed by atoms with van der Waals surface area (Å²) in [5.41, 5.74) is 0.287. The highest BCUT2D eigenvalue weighted by atomic mass is 16.4. The first-order valence-corrected chi connectivity index (χ1v) is 4.17. The molecule has 1 heterocycles. The van der Waals surface area contributed by atoms with Gasteiger partial charge in [0.05, 0.1) is 0 Å². The van der Waals surface area contributed by atoms with Crippen LogP contribution in [0, 0.1) is 0 Å². The normalized spacial score (nSPS) is 14.3. The van der Waals surface area contributed by atoms with Crippen LogP contribution in [0.15, 0.2) is 33.5 Å². The Labute approximate surface area is 76.5 Å². The van der Waals surface area contributed by atoms with Gasteiger partial charge in [-0.05, 0) is 26.0 Å². The van der Waals surface area contributed by atoms with Crippen LogP contribution in [0.2, 0.25) is 0 Å². The van der Waals surface area contributed by atoms with Crippen LogP contribution in [0.4, 0.5) is 0 Å². The molecule has 0 saturated heterocycles. The summed E-state index contributed by atoms with van der Waals surface area (Å²) in [6, 6.07) is 3.17. The van der Waals surface area contributed by atoms with Gasteiger partial charge in [0.2, 0.25) is 0 Å². The van der Waals surface area contributed by atoms with E-state index in [0.29, 0.717) is 5.42 Å². The third kappa shape index (κ3) is 2.44. The van der Waals surface area contributed by atoms with E-state index in [2.05, 4.69) is 0 Å². The topological polar surface area (TPSA) is 30.2 Å². The lowest BCUT2D eigenvalue weighted by molar-refractivity contribution is 0.473. The minimum absolute atomic E-state index is 0.318. The van der Waals surface area contributed by atoms with Crippen molar-refractivity contribution < 1.29 is 4.42 Å². The van der Waals surface area contributed by atoms with E-state index in [9.17, 15) is 4.79 Å². The maximum Gasteiger partial charge on any atom is 0.336 e. The molecule has 0 amide bonds. The van der Waals surface area contributed by atoms with Crippen molar-refractivity contribution in [2.45, 2.75) is 13.8 Å². The fraction of sp³-hybridized carbons (Fsp3) is 0.182. The number of hydrogen-bond acceptors (Lipinski definition) is 2. The van der Waals surface area contributed by atoms with Gasteiger partial charge in [0, 0.05) is 11.3 Å². The second-order valence-electron chi connectivity index (χ2n) is 2.56. The van der Waals surface area contributed by atoms with Crippen molar-refractivity contribution in [2.75, 3.05) is 0 Å². The molecule has 0 aliphatic carbocycles. The van der Waals surface area contributed by atoms with Gasteiger partial charge in [0.25, 0.3) is 0 Å². The average molecular weight is 176 g/mol. The zero-order chi connectivity index (χ0) is 9.68. The molecular formula is C11H12O2. The van der Waals surface area contributed by atoms with Crippen molar-refractivity contribution in [1.29, 1.82) is 0 Å². The summed E-state index contributed by atoms with van der Waals surface area (Å²) in [7, 11) is 0. The fourth-order valence-electron chi connectivity index (χ4n) is 0.994. The summed E-state index contributed by atoms with van der Waals surface area (Å²) >= 11 is 0. The number of allylic oxidation sites excluding steroid dienone is 2. The number of hydrogen-bond donors (Lipinski definition) is 0. The van der Waals surface area contributed by atoms with Gasteiger partial charge in [-0.3, -0.25) is 0 Å². The highest BCUT2D eigenvalue weighted by molar-refractivity contribution is 5.35. The Bertz CT molecular complexity index is 464. The third-order valence-corrected chi connectivity index (χ3v) is 1.65. The second-order valence-corrected chi connectivity index (χ2v) is 2.56. The summed E-state index contributed by atoms with van der Waals surface area (Å²) in [5.74, 6) is 0. The number of rotatable bonds is 1. The molecule has 0 atom stereocenters. The standard InChI is InChI=1S/C11H12O2/c1-3-5-6-10-9(4-2)7-8-11(12)13-10/h3-8H,1-2H3/b5-3-,9-4-,10-6+. The van der Waals surface area contributed by atoms with Crippen LogP contribution in [0.5, 0.6) is 0 Å². The molecule has 1 aromatic heterocycles. The molecule has 0 unspecified atom stereocenters. The highest BCUT2D eigenvalue weighted by Gasteiger charge is 1.86. The van der Waals surface area contributed by atoms with Gasteiger partial charge in [-0.15, -0.1) is 0 Å². The molecule has 0 N–H and O–H groups in total. The van der Waals surface area contributed by atoms with Crippen LogP contribution < -0.4 is 16.3 Å². The van der Waals surface area contributed by atoms with Crippen LogP contribution in [0.25, 0.3) is 12.2 Å². The highest BCUT2D eigenvalue weighted by Crippen LogP contribution is 1.71. The third-order valence-electron chi connectivity index (χ3n) is 1.65. The molecule has 2 nitrogen and oxygen atoms in total. The van der Waals surface area contributed by atoms with Crippen molar-refractivity contribution in [3.8, 4) is 0 Å². The summed E-state index contributed by atoms with van der Waals surface area (Å²) in [6.45, 7) is 3.81. The van der Waals surface area contributed by atoms with E-state index >= 15 is 0 Å². The molecule has 1 rings (SSSR count). The zero-order valence-corrected chi connectivity index (χ0v) is 7.78. The molecule has 1 aromatic rings. The minimum Gasteiger partial charge on any atom is -0.423 e. The van der Waals surface area contributed by atoms with Gasteiger partial charge in [-0.1, -0.05) is 18.2 Å². The first-order chi connectivity index (χ1) is 6.27. The molecule has 68 valence electrons. The molecular weight excluding hydrogens is 164 g/mol. The SMILES string of the molecule is C\C=C/C=c1/oc(=O)cc/c1=C/C. The fourth-order valence-corrected chi connectivity index (χ4v) is 0.994.